The molecule has 2 heteroatoms. The average Bonchev–Trinajstić information content (AvgIpc) is 3.13. The summed E-state index contributed by atoms with van der Waals surface area (Å²) in [6.07, 6.45) is 19.9. The van der Waals surface area contributed by atoms with Gasteiger partial charge in [-0.05, 0) is 12.1 Å². The van der Waals surface area contributed by atoms with E-state index in [-0.39, 0.29) is 0 Å². The highest BCUT2D eigenvalue weighted by Gasteiger charge is 1.90. The van der Waals surface area contributed by atoms with Crippen LogP contribution >= 0.6 is 0 Å². The lowest BCUT2D eigenvalue weighted by Crippen LogP contribution is -1.87. The lowest BCUT2D eigenvalue weighted by molar-refractivity contribution is 0.562. The van der Waals surface area contributed by atoms with Crippen LogP contribution in [-0.4, -0.2) is 9.55 Å². The predicted molar refractivity (Wildman–Crippen MR) is 101 cm³/mol. The van der Waals surface area contributed by atoms with Crippen molar-refractivity contribution in [1.82, 2.24) is 9.55 Å². The fourth-order valence-corrected chi connectivity index (χ4v) is 2.57. The van der Waals surface area contributed by atoms with Gasteiger partial charge in [0, 0.05) is 18.1 Å². The molecule has 0 saturated carbocycles. The molecule has 2 nitrogen and oxygen atoms in total. The van der Waals surface area contributed by atoms with Gasteiger partial charge in [0.15, 0.2) is 0 Å². The molecule has 0 aliphatic heterocycles. The highest BCUT2D eigenvalue weighted by atomic mass is 15.0. The Morgan fingerprint density at radius 1 is 0.739 bits per heavy atom. The number of imidazole rings is 1. The van der Waals surface area contributed by atoms with Crippen LogP contribution in [-0.2, 0) is 0 Å². The molecule has 0 aliphatic carbocycles. The Kier molecular flexibility index (Phi) is 11.9. The van der Waals surface area contributed by atoms with E-state index in [1.807, 2.05) is 41.1 Å². The number of unbranched alkanes of at least 4 members (excludes halogenated alkanes) is 9. The standard InChI is InChI=1S/C12H26.C9H8N2/c1-3-5-7-9-11-12-10-8-6-4-2;1-2-4-9(5-3-1)11-7-6-10-8-11/h3-12H2,1-2H3;1-8H. The first-order chi connectivity index (χ1) is 11.4. The number of rotatable bonds is 10. The van der Waals surface area contributed by atoms with Gasteiger partial charge in [0.2, 0.25) is 0 Å². The molecule has 2 aromatic rings. The Morgan fingerprint density at radius 2 is 1.26 bits per heavy atom. The van der Waals surface area contributed by atoms with Gasteiger partial charge in [0.1, 0.15) is 0 Å². The minimum Gasteiger partial charge on any atom is -0.306 e. The predicted octanol–water partition coefficient (Wildman–Crippen LogP) is 6.80. The maximum Gasteiger partial charge on any atom is 0.0991 e. The van der Waals surface area contributed by atoms with Gasteiger partial charge in [0.05, 0.1) is 6.33 Å². The summed E-state index contributed by atoms with van der Waals surface area (Å²) in [5.41, 5.74) is 1.14. The maximum atomic E-state index is 3.96. The molecular formula is C21H34N2. The summed E-state index contributed by atoms with van der Waals surface area (Å²) < 4.78 is 1.97. The van der Waals surface area contributed by atoms with E-state index in [0.29, 0.717) is 0 Å². The molecule has 0 radical (unpaired) electrons. The topological polar surface area (TPSA) is 17.8 Å². The van der Waals surface area contributed by atoms with Crippen molar-refractivity contribution in [2.75, 3.05) is 0 Å². The monoisotopic (exact) mass is 314 g/mol. The zero-order valence-corrected chi connectivity index (χ0v) is 15.1. The van der Waals surface area contributed by atoms with E-state index < -0.39 is 0 Å². The van der Waals surface area contributed by atoms with Crippen LogP contribution in [0.25, 0.3) is 5.69 Å². The second-order valence-electron chi connectivity index (χ2n) is 6.13. The lowest BCUT2D eigenvalue weighted by atomic mass is 10.1. The van der Waals surface area contributed by atoms with Crippen molar-refractivity contribution in [3.05, 3.63) is 49.1 Å². The van der Waals surface area contributed by atoms with E-state index in [1.54, 1.807) is 12.5 Å². The molecule has 0 bridgehead atoms. The van der Waals surface area contributed by atoms with Gasteiger partial charge in [-0.3, -0.25) is 0 Å². The molecule has 0 spiro atoms. The summed E-state index contributed by atoms with van der Waals surface area (Å²) in [4.78, 5) is 3.96. The van der Waals surface area contributed by atoms with E-state index in [9.17, 15) is 0 Å². The van der Waals surface area contributed by atoms with Gasteiger partial charge in [-0.15, -0.1) is 0 Å². The number of benzene rings is 1. The third-order valence-electron chi connectivity index (χ3n) is 4.02. The van der Waals surface area contributed by atoms with Crippen molar-refractivity contribution in [1.29, 1.82) is 0 Å². The number of para-hydroxylation sites is 1. The molecule has 0 unspecified atom stereocenters. The van der Waals surface area contributed by atoms with Crippen LogP contribution in [0.5, 0.6) is 0 Å². The molecular weight excluding hydrogens is 280 g/mol. The maximum absolute atomic E-state index is 3.96. The van der Waals surface area contributed by atoms with Gasteiger partial charge >= 0.3 is 0 Å². The second-order valence-corrected chi connectivity index (χ2v) is 6.13. The van der Waals surface area contributed by atoms with Crippen molar-refractivity contribution in [3.63, 3.8) is 0 Å². The third-order valence-corrected chi connectivity index (χ3v) is 4.02. The SMILES string of the molecule is CCCCCCCCCCCC.c1ccc(-n2ccnc2)cc1. The number of hydrogen-bond donors (Lipinski definition) is 0. The zero-order chi connectivity index (χ0) is 16.6. The third kappa shape index (κ3) is 9.93. The quantitative estimate of drug-likeness (QED) is 0.441. The minimum atomic E-state index is 1.14. The van der Waals surface area contributed by atoms with Crippen molar-refractivity contribution >= 4 is 0 Å². The van der Waals surface area contributed by atoms with Crippen molar-refractivity contribution < 1.29 is 0 Å². The molecule has 0 saturated heterocycles. The molecule has 0 atom stereocenters. The lowest BCUT2D eigenvalue weighted by Gasteiger charge is -1.99. The highest BCUT2D eigenvalue weighted by molar-refractivity contribution is 5.30. The second kappa shape index (κ2) is 14.0. The normalized spacial score (nSPS) is 10.2. The summed E-state index contributed by atoms with van der Waals surface area (Å²) in [6, 6.07) is 10.1. The van der Waals surface area contributed by atoms with Gasteiger partial charge in [-0.2, -0.15) is 0 Å². The van der Waals surface area contributed by atoms with Crippen LogP contribution in [0.1, 0.15) is 78.1 Å². The van der Waals surface area contributed by atoms with E-state index in [4.69, 9.17) is 0 Å². The van der Waals surface area contributed by atoms with Gasteiger partial charge in [-0.25, -0.2) is 4.98 Å². The van der Waals surface area contributed by atoms with E-state index in [1.165, 1.54) is 64.2 Å². The van der Waals surface area contributed by atoms with Crippen molar-refractivity contribution in [2.24, 2.45) is 0 Å². The number of nitrogens with zero attached hydrogens (tertiary/aromatic N) is 2. The van der Waals surface area contributed by atoms with Gasteiger partial charge in [0.25, 0.3) is 0 Å². The Hall–Kier alpha value is -1.57. The van der Waals surface area contributed by atoms with Crippen molar-refractivity contribution in [2.45, 2.75) is 78.1 Å². The van der Waals surface area contributed by atoms with Crippen molar-refractivity contribution in [3.8, 4) is 5.69 Å². The first kappa shape index (κ1) is 19.5. The fraction of sp³-hybridized carbons (Fsp3) is 0.571. The first-order valence-electron chi connectivity index (χ1n) is 9.41. The van der Waals surface area contributed by atoms with Crippen LogP contribution < -0.4 is 0 Å². The highest BCUT2D eigenvalue weighted by Crippen LogP contribution is 2.10. The Labute approximate surface area is 143 Å². The number of aromatic nitrogens is 2. The number of hydrogen-bond acceptors (Lipinski definition) is 1. The summed E-state index contributed by atoms with van der Waals surface area (Å²) in [7, 11) is 0. The first-order valence-corrected chi connectivity index (χ1v) is 9.41. The Balaban J connectivity index is 0.000000230. The summed E-state index contributed by atoms with van der Waals surface area (Å²) >= 11 is 0. The molecule has 0 fully saturated rings. The molecule has 1 heterocycles. The van der Waals surface area contributed by atoms with Gasteiger partial charge in [-0.1, -0.05) is 96.3 Å². The Bertz CT molecular complexity index is 438. The van der Waals surface area contributed by atoms with Crippen LogP contribution in [0.3, 0.4) is 0 Å². The molecule has 1 aromatic carbocycles. The summed E-state index contributed by atoms with van der Waals surface area (Å²) in [6.45, 7) is 4.56. The molecule has 0 amide bonds. The molecule has 2 rings (SSSR count). The molecule has 1 aromatic heterocycles. The van der Waals surface area contributed by atoms with Crippen LogP contribution in [0.15, 0.2) is 49.1 Å². The van der Waals surface area contributed by atoms with Crippen LogP contribution in [0.4, 0.5) is 0 Å². The van der Waals surface area contributed by atoms with E-state index >= 15 is 0 Å². The zero-order valence-electron chi connectivity index (χ0n) is 15.1. The van der Waals surface area contributed by atoms with E-state index in [2.05, 4.69) is 18.8 Å². The molecule has 0 aliphatic rings. The molecule has 23 heavy (non-hydrogen) atoms. The fourth-order valence-electron chi connectivity index (χ4n) is 2.57. The smallest absolute Gasteiger partial charge is 0.0991 e. The minimum absolute atomic E-state index is 1.14. The van der Waals surface area contributed by atoms with Gasteiger partial charge < -0.3 is 4.57 Å². The summed E-state index contributed by atoms with van der Waals surface area (Å²) in [5.74, 6) is 0. The molecule has 128 valence electrons. The molecule has 0 N–H and O–H groups in total. The van der Waals surface area contributed by atoms with Crippen LogP contribution in [0, 0.1) is 0 Å². The van der Waals surface area contributed by atoms with E-state index in [0.717, 1.165) is 5.69 Å². The van der Waals surface area contributed by atoms with Crippen LogP contribution in [0.2, 0.25) is 0 Å². The summed E-state index contributed by atoms with van der Waals surface area (Å²) in [5, 5.41) is 0. The largest absolute Gasteiger partial charge is 0.306 e. The Morgan fingerprint density at radius 3 is 1.70 bits per heavy atom. The average molecular weight is 315 g/mol.